The van der Waals surface area contributed by atoms with Gasteiger partial charge in [-0.1, -0.05) is 30.3 Å². The maximum atomic E-state index is 11.8. The van der Waals surface area contributed by atoms with Crippen LogP contribution in [-0.4, -0.2) is 32.1 Å². The molecule has 0 amide bonds. The van der Waals surface area contributed by atoms with Crippen molar-refractivity contribution in [1.82, 2.24) is 5.32 Å². The summed E-state index contributed by atoms with van der Waals surface area (Å²) in [6, 6.07) is 9.97. The van der Waals surface area contributed by atoms with Crippen LogP contribution in [0, 0.1) is 0 Å². The van der Waals surface area contributed by atoms with Gasteiger partial charge in [-0.05, 0) is 33.3 Å². The van der Waals surface area contributed by atoms with E-state index in [1.54, 1.807) is 6.92 Å². The van der Waals surface area contributed by atoms with E-state index in [4.69, 9.17) is 14.2 Å². The quantitative estimate of drug-likeness (QED) is 0.407. The van der Waals surface area contributed by atoms with Crippen LogP contribution < -0.4 is 5.32 Å². The Labute approximate surface area is 138 Å². The van der Waals surface area contributed by atoms with E-state index in [9.17, 15) is 4.79 Å². The summed E-state index contributed by atoms with van der Waals surface area (Å²) in [6.07, 6.45) is 0.777. The number of ether oxygens (including phenoxy) is 3. The monoisotopic (exact) mass is 321 g/mol. The zero-order chi connectivity index (χ0) is 17.1. The van der Waals surface area contributed by atoms with Gasteiger partial charge < -0.3 is 19.5 Å². The Bertz CT molecular complexity index is 481. The number of rotatable bonds is 10. The first-order valence-electron chi connectivity index (χ1n) is 8.05. The summed E-state index contributed by atoms with van der Waals surface area (Å²) >= 11 is 0. The van der Waals surface area contributed by atoms with Crippen LogP contribution in [0.15, 0.2) is 42.1 Å². The Kier molecular flexibility index (Phi) is 9.02. The molecule has 23 heavy (non-hydrogen) atoms. The molecule has 0 saturated heterocycles. The second-order valence-electron chi connectivity index (χ2n) is 4.87. The maximum Gasteiger partial charge on any atom is 0.332 e. The number of nitrogens with one attached hydrogen (secondary N) is 1. The first kappa shape index (κ1) is 19.2. The molecule has 0 aliphatic heterocycles. The third-order valence-corrected chi connectivity index (χ3v) is 3.13. The van der Waals surface area contributed by atoms with Gasteiger partial charge in [0.1, 0.15) is 0 Å². The fraction of sp³-hybridized carbons (Fsp3) is 0.500. The highest BCUT2D eigenvalue weighted by molar-refractivity contribution is 5.82. The molecular weight excluding hydrogens is 294 g/mol. The highest BCUT2D eigenvalue weighted by atomic mass is 16.7. The number of carbonyl (C=O) groups is 1. The molecule has 0 aromatic heterocycles. The van der Waals surface area contributed by atoms with Crippen molar-refractivity contribution < 1.29 is 19.0 Å². The third-order valence-electron chi connectivity index (χ3n) is 3.13. The summed E-state index contributed by atoms with van der Waals surface area (Å²) in [4.78, 5) is 11.8. The van der Waals surface area contributed by atoms with Crippen LogP contribution >= 0.6 is 0 Å². The minimum absolute atomic E-state index is 0.000267. The lowest BCUT2D eigenvalue weighted by Gasteiger charge is -2.25. The Hall–Kier alpha value is -1.85. The SMILES string of the molecule is CCOC(=O)/C=C(/N[C@H](C)c1ccccc1)C(OCC)OCC. The normalized spacial score (nSPS) is 13.0. The molecular formula is C18H27NO4. The van der Waals surface area contributed by atoms with Gasteiger partial charge in [0.05, 0.1) is 12.3 Å². The number of hydrogen-bond donors (Lipinski definition) is 1. The Morgan fingerprint density at radius 3 is 2.22 bits per heavy atom. The van der Waals surface area contributed by atoms with Crippen molar-refractivity contribution in [2.45, 2.75) is 40.0 Å². The molecule has 1 rings (SSSR count). The van der Waals surface area contributed by atoms with E-state index in [0.29, 0.717) is 25.5 Å². The van der Waals surface area contributed by atoms with E-state index < -0.39 is 12.3 Å². The summed E-state index contributed by atoms with van der Waals surface area (Å²) in [7, 11) is 0. The van der Waals surface area contributed by atoms with E-state index in [1.807, 2.05) is 51.1 Å². The highest BCUT2D eigenvalue weighted by Gasteiger charge is 2.19. The van der Waals surface area contributed by atoms with Gasteiger partial charge in [-0.25, -0.2) is 4.79 Å². The van der Waals surface area contributed by atoms with Crippen LogP contribution in [0.2, 0.25) is 0 Å². The zero-order valence-corrected chi connectivity index (χ0v) is 14.4. The fourth-order valence-corrected chi connectivity index (χ4v) is 2.09. The van der Waals surface area contributed by atoms with E-state index >= 15 is 0 Å². The molecule has 0 bridgehead atoms. The lowest BCUT2D eigenvalue weighted by atomic mass is 10.1. The minimum atomic E-state index is -0.624. The van der Waals surface area contributed by atoms with E-state index in [0.717, 1.165) is 5.56 Å². The van der Waals surface area contributed by atoms with E-state index in [1.165, 1.54) is 6.08 Å². The molecule has 0 unspecified atom stereocenters. The van der Waals surface area contributed by atoms with Gasteiger partial charge in [-0.3, -0.25) is 0 Å². The number of benzene rings is 1. The van der Waals surface area contributed by atoms with Gasteiger partial charge in [0.15, 0.2) is 6.29 Å². The molecule has 1 atom stereocenters. The van der Waals surface area contributed by atoms with Gasteiger partial charge in [0.2, 0.25) is 0 Å². The van der Waals surface area contributed by atoms with Crippen LogP contribution in [0.3, 0.4) is 0 Å². The Balaban J connectivity index is 2.95. The van der Waals surface area contributed by atoms with Crippen molar-refractivity contribution in [3.05, 3.63) is 47.7 Å². The number of hydrogen-bond acceptors (Lipinski definition) is 5. The minimum Gasteiger partial charge on any atom is -0.463 e. The average Bonchev–Trinajstić information content (AvgIpc) is 2.55. The van der Waals surface area contributed by atoms with Crippen molar-refractivity contribution in [3.8, 4) is 0 Å². The van der Waals surface area contributed by atoms with E-state index in [2.05, 4.69) is 5.32 Å². The van der Waals surface area contributed by atoms with Crippen LogP contribution in [0.25, 0.3) is 0 Å². The van der Waals surface area contributed by atoms with Crippen LogP contribution in [0.1, 0.15) is 39.3 Å². The molecule has 5 heteroatoms. The largest absolute Gasteiger partial charge is 0.463 e. The third kappa shape index (κ3) is 6.84. The molecule has 0 fully saturated rings. The smallest absolute Gasteiger partial charge is 0.332 e. The Morgan fingerprint density at radius 2 is 1.70 bits per heavy atom. The second-order valence-corrected chi connectivity index (χ2v) is 4.87. The fourth-order valence-electron chi connectivity index (χ4n) is 2.09. The molecule has 0 radical (unpaired) electrons. The summed E-state index contributed by atoms with van der Waals surface area (Å²) in [5.41, 5.74) is 1.66. The summed E-state index contributed by atoms with van der Waals surface area (Å²) in [5.74, 6) is -0.417. The molecule has 0 aliphatic rings. The topological polar surface area (TPSA) is 56.8 Å². The van der Waals surface area contributed by atoms with Crippen LogP contribution in [0.5, 0.6) is 0 Å². The predicted molar refractivity (Wildman–Crippen MR) is 89.7 cm³/mol. The van der Waals surface area contributed by atoms with Crippen molar-refractivity contribution >= 4 is 5.97 Å². The predicted octanol–water partition coefficient (Wildman–Crippen LogP) is 3.18. The van der Waals surface area contributed by atoms with Crippen LogP contribution in [-0.2, 0) is 19.0 Å². The molecule has 0 saturated carbocycles. The molecule has 128 valence electrons. The molecule has 5 nitrogen and oxygen atoms in total. The van der Waals surface area contributed by atoms with E-state index in [-0.39, 0.29) is 6.04 Å². The lowest BCUT2D eigenvalue weighted by Crippen LogP contribution is -2.32. The van der Waals surface area contributed by atoms with Gasteiger partial charge in [-0.15, -0.1) is 0 Å². The summed E-state index contributed by atoms with van der Waals surface area (Å²) < 4.78 is 16.2. The number of esters is 1. The highest BCUT2D eigenvalue weighted by Crippen LogP contribution is 2.16. The molecule has 1 aromatic carbocycles. The first-order valence-corrected chi connectivity index (χ1v) is 8.05. The van der Waals surface area contributed by atoms with Gasteiger partial charge >= 0.3 is 5.97 Å². The van der Waals surface area contributed by atoms with Crippen LogP contribution in [0.4, 0.5) is 0 Å². The summed E-state index contributed by atoms with van der Waals surface area (Å²) in [6.45, 7) is 8.84. The molecule has 1 N–H and O–H groups in total. The molecule has 0 spiro atoms. The van der Waals surface area contributed by atoms with Gasteiger partial charge in [0, 0.05) is 25.3 Å². The van der Waals surface area contributed by atoms with Crippen molar-refractivity contribution in [2.24, 2.45) is 0 Å². The lowest BCUT2D eigenvalue weighted by molar-refractivity contribution is -0.138. The summed E-state index contributed by atoms with van der Waals surface area (Å²) in [5, 5.41) is 3.30. The standard InChI is InChI=1S/C18H27NO4/c1-5-21-17(20)13-16(18(22-6-2)23-7-3)19-14(4)15-11-9-8-10-12-15/h8-14,18-19H,5-7H2,1-4H3/b16-13+/t14-/m1/s1. The second kappa shape index (κ2) is 10.8. The van der Waals surface area contributed by atoms with Crippen molar-refractivity contribution in [3.63, 3.8) is 0 Å². The maximum absolute atomic E-state index is 11.8. The molecule has 0 aliphatic carbocycles. The first-order chi connectivity index (χ1) is 11.1. The Morgan fingerprint density at radius 1 is 1.09 bits per heavy atom. The van der Waals surface area contributed by atoms with Gasteiger partial charge in [0.25, 0.3) is 0 Å². The van der Waals surface area contributed by atoms with Crippen molar-refractivity contribution in [1.29, 1.82) is 0 Å². The average molecular weight is 321 g/mol. The number of carbonyl (C=O) groups excluding carboxylic acids is 1. The van der Waals surface area contributed by atoms with Gasteiger partial charge in [-0.2, -0.15) is 0 Å². The van der Waals surface area contributed by atoms with Crippen molar-refractivity contribution in [2.75, 3.05) is 19.8 Å². The molecule has 1 aromatic rings. The molecule has 0 heterocycles. The zero-order valence-electron chi connectivity index (χ0n) is 14.4.